The van der Waals surface area contributed by atoms with Crippen molar-refractivity contribution in [3.8, 4) is 11.1 Å². The highest BCUT2D eigenvalue weighted by Crippen LogP contribution is 2.46. The molecule has 1 saturated carbocycles. The van der Waals surface area contributed by atoms with E-state index in [9.17, 15) is 19.5 Å². The zero-order valence-electron chi connectivity index (χ0n) is 18.5. The number of fused-ring (bicyclic) bond motifs is 3. The average Bonchev–Trinajstić information content (AvgIpc) is 3.55. The van der Waals surface area contributed by atoms with Gasteiger partial charge in [-0.05, 0) is 53.5 Å². The van der Waals surface area contributed by atoms with E-state index >= 15 is 0 Å². The van der Waals surface area contributed by atoms with Crippen LogP contribution in [0.3, 0.4) is 0 Å². The van der Waals surface area contributed by atoms with E-state index in [1.807, 2.05) is 30.5 Å². The first-order valence-electron chi connectivity index (χ1n) is 11.1. The molecule has 0 spiro atoms. The zero-order chi connectivity index (χ0) is 23.4. The average molecular weight is 469 g/mol. The predicted molar refractivity (Wildman–Crippen MR) is 127 cm³/mol. The molecule has 3 N–H and O–H groups in total. The fraction of sp³-hybridized carbons (Fsp3) is 0.400. The van der Waals surface area contributed by atoms with Crippen molar-refractivity contribution in [3.05, 3.63) is 59.7 Å². The molecule has 0 heterocycles. The summed E-state index contributed by atoms with van der Waals surface area (Å²) < 4.78 is 5.54. The van der Waals surface area contributed by atoms with Gasteiger partial charge in [0.2, 0.25) is 5.91 Å². The molecular formula is C25H28N2O5S. The molecule has 2 aliphatic rings. The van der Waals surface area contributed by atoms with Gasteiger partial charge in [0.25, 0.3) is 0 Å². The van der Waals surface area contributed by atoms with E-state index in [1.54, 1.807) is 0 Å². The van der Waals surface area contributed by atoms with Crippen molar-refractivity contribution in [2.45, 2.75) is 31.2 Å². The number of alkyl carbamates (subject to hydrolysis) is 1. The summed E-state index contributed by atoms with van der Waals surface area (Å²) in [5.41, 5.74) is 3.83. The largest absolute Gasteiger partial charge is 0.480 e. The van der Waals surface area contributed by atoms with Crippen LogP contribution in [0.1, 0.15) is 36.3 Å². The van der Waals surface area contributed by atoms with Crippen LogP contribution in [-0.2, 0) is 14.3 Å². The maximum absolute atomic E-state index is 12.7. The van der Waals surface area contributed by atoms with Gasteiger partial charge >= 0.3 is 12.1 Å². The van der Waals surface area contributed by atoms with Gasteiger partial charge < -0.3 is 20.5 Å². The lowest BCUT2D eigenvalue weighted by molar-refractivity contribution is -0.142. The fourth-order valence-corrected chi connectivity index (χ4v) is 4.80. The minimum absolute atomic E-state index is 0.0332. The molecule has 1 unspecified atom stereocenters. The summed E-state index contributed by atoms with van der Waals surface area (Å²) in [6, 6.07) is 15.3. The Morgan fingerprint density at radius 1 is 1.09 bits per heavy atom. The molecule has 0 bridgehead atoms. The second-order valence-corrected chi connectivity index (χ2v) is 9.59. The molecule has 1 fully saturated rings. The first-order chi connectivity index (χ1) is 15.9. The van der Waals surface area contributed by atoms with Gasteiger partial charge in [-0.25, -0.2) is 9.59 Å². The number of hydrogen-bond donors (Lipinski definition) is 3. The van der Waals surface area contributed by atoms with Gasteiger partial charge in [-0.3, -0.25) is 4.79 Å². The number of benzene rings is 2. The summed E-state index contributed by atoms with van der Waals surface area (Å²) in [5.74, 6) is -0.760. The van der Waals surface area contributed by atoms with Crippen LogP contribution in [0.5, 0.6) is 0 Å². The number of thioether (sulfide) groups is 1. The zero-order valence-corrected chi connectivity index (χ0v) is 19.3. The monoisotopic (exact) mass is 468 g/mol. The Kier molecular flexibility index (Phi) is 6.93. The number of rotatable bonds is 10. The number of nitrogens with one attached hydrogen (secondary N) is 2. The molecule has 2 amide bonds. The second kappa shape index (κ2) is 9.87. The number of hydrogen-bond acceptors (Lipinski definition) is 5. The first kappa shape index (κ1) is 23.2. The summed E-state index contributed by atoms with van der Waals surface area (Å²) in [4.78, 5) is 36.5. The normalized spacial score (nSPS) is 16.3. The quantitative estimate of drug-likeness (QED) is 0.492. The fourth-order valence-electron chi connectivity index (χ4n) is 4.33. The topological polar surface area (TPSA) is 105 Å². The smallest absolute Gasteiger partial charge is 0.407 e. The van der Waals surface area contributed by atoms with Crippen LogP contribution in [-0.4, -0.2) is 54.3 Å². The molecule has 174 valence electrons. The van der Waals surface area contributed by atoms with E-state index in [-0.39, 0.29) is 25.0 Å². The summed E-state index contributed by atoms with van der Waals surface area (Å²) in [6.45, 7) is 0.333. The number of carbonyl (C=O) groups is 3. The Hall–Kier alpha value is -3.00. The van der Waals surface area contributed by atoms with Crippen molar-refractivity contribution in [2.75, 3.05) is 25.2 Å². The number of carboxylic acids is 1. The van der Waals surface area contributed by atoms with Gasteiger partial charge in [0.15, 0.2) is 0 Å². The molecule has 0 aliphatic heterocycles. The number of ether oxygens (including phenoxy) is 1. The lowest BCUT2D eigenvalue weighted by Gasteiger charge is -2.20. The molecule has 0 radical (unpaired) electrons. The van der Waals surface area contributed by atoms with Crippen LogP contribution < -0.4 is 10.6 Å². The number of carboxylic acid groups (broad SMARTS) is 1. The van der Waals surface area contributed by atoms with Gasteiger partial charge in [-0.2, -0.15) is 11.8 Å². The first-order valence-corrected chi connectivity index (χ1v) is 12.5. The van der Waals surface area contributed by atoms with E-state index in [0.29, 0.717) is 25.0 Å². The summed E-state index contributed by atoms with van der Waals surface area (Å²) in [6.07, 6.45) is 2.89. The Labute approximate surface area is 197 Å². The van der Waals surface area contributed by atoms with Crippen molar-refractivity contribution in [3.63, 3.8) is 0 Å². The maximum atomic E-state index is 12.7. The van der Waals surface area contributed by atoms with Crippen LogP contribution in [0.2, 0.25) is 0 Å². The highest BCUT2D eigenvalue weighted by Gasteiger charge is 2.50. The Balaban J connectivity index is 1.31. The van der Waals surface area contributed by atoms with E-state index in [4.69, 9.17) is 4.74 Å². The van der Waals surface area contributed by atoms with Crippen LogP contribution in [0.25, 0.3) is 11.1 Å². The van der Waals surface area contributed by atoms with Gasteiger partial charge in [0.1, 0.15) is 12.6 Å². The second-order valence-electron chi connectivity index (χ2n) is 8.61. The third kappa shape index (κ3) is 5.00. The highest BCUT2D eigenvalue weighted by molar-refractivity contribution is 7.98. The summed E-state index contributed by atoms with van der Waals surface area (Å²) in [5, 5.41) is 14.7. The molecule has 8 heteroatoms. The van der Waals surface area contributed by atoms with Gasteiger partial charge in [-0.15, -0.1) is 0 Å². The number of aliphatic carboxylic acids is 1. The maximum Gasteiger partial charge on any atom is 0.407 e. The highest BCUT2D eigenvalue weighted by atomic mass is 32.2. The van der Waals surface area contributed by atoms with Crippen LogP contribution >= 0.6 is 11.8 Å². The minimum Gasteiger partial charge on any atom is -0.480 e. The molecule has 2 aromatic rings. The van der Waals surface area contributed by atoms with Crippen molar-refractivity contribution >= 4 is 29.7 Å². The van der Waals surface area contributed by atoms with Crippen LogP contribution in [0, 0.1) is 5.41 Å². The molecule has 7 nitrogen and oxygen atoms in total. The van der Waals surface area contributed by atoms with Gasteiger partial charge in [-0.1, -0.05) is 48.5 Å². The van der Waals surface area contributed by atoms with Crippen LogP contribution in [0.15, 0.2) is 48.5 Å². The number of amides is 2. The Morgan fingerprint density at radius 2 is 1.70 bits per heavy atom. The van der Waals surface area contributed by atoms with Gasteiger partial charge in [0.05, 0.1) is 5.41 Å². The lowest BCUT2D eigenvalue weighted by Crippen LogP contribution is -2.47. The van der Waals surface area contributed by atoms with Gasteiger partial charge in [0, 0.05) is 12.5 Å². The molecule has 33 heavy (non-hydrogen) atoms. The van der Waals surface area contributed by atoms with Crippen molar-refractivity contribution in [1.29, 1.82) is 0 Å². The van der Waals surface area contributed by atoms with Crippen molar-refractivity contribution in [1.82, 2.24) is 10.6 Å². The molecule has 4 rings (SSSR count). The SMILES string of the molecule is CSCCC(NC(=O)C1(CNC(=O)OCC2c3ccccc3-c3ccccc32)CC1)C(=O)O. The van der Waals surface area contributed by atoms with E-state index in [0.717, 1.165) is 22.3 Å². The van der Waals surface area contributed by atoms with Crippen LogP contribution in [0.4, 0.5) is 4.79 Å². The molecular weight excluding hydrogens is 440 g/mol. The summed E-state index contributed by atoms with van der Waals surface area (Å²) in [7, 11) is 0. The summed E-state index contributed by atoms with van der Waals surface area (Å²) >= 11 is 1.53. The Bertz CT molecular complexity index is 1010. The third-order valence-electron chi connectivity index (χ3n) is 6.46. The predicted octanol–water partition coefficient (Wildman–Crippen LogP) is 3.63. The minimum atomic E-state index is -1.04. The van der Waals surface area contributed by atoms with Crippen molar-refractivity contribution < 1.29 is 24.2 Å². The lowest BCUT2D eigenvalue weighted by atomic mass is 9.98. The molecule has 0 aromatic heterocycles. The molecule has 1 atom stereocenters. The van der Waals surface area contributed by atoms with Crippen molar-refractivity contribution in [2.24, 2.45) is 5.41 Å². The Morgan fingerprint density at radius 3 is 2.24 bits per heavy atom. The third-order valence-corrected chi connectivity index (χ3v) is 7.11. The van der Waals surface area contributed by atoms with E-state index in [1.165, 1.54) is 11.8 Å². The number of carbonyl (C=O) groups excluding carboxylic acids is 2. The standard InChI is InChI=1S/C25H28N2O5S/c1-33-13-10-21(22(28)29)27-23(30)25(11-12-25)15-26-24(31)32-14-20-18-8-4-2-6-16(18)17-7-3-5-9-19(17)20/h2-9,20-21H,10-15H2,1H3,(H,26,31)(H,27,30)(H,28,29). The molecule has 2 aromatic carbocycles. The molecule has 2 aliphatic carbocycles. The molecule has 0 saturated heterocycles. The van der Waals surface area contributed by atoms with E-state index in [2.05, 4.69) is 34.9 Å². The van der Waals surface area contributed by atoms with E-state index < -0.39 is 23.5 Å².